The number of amides is 1. The van der Waals surface area contributed by atoms with Crippen molar-refractivity contribution in [2.24, 2.45) is 0 Å². The quantitative estimate of drug-likeness (QED) is 0.699. The number of carbonyl (C=O) groups excluding carboxylic acids is 1. The first-order valence-electron chi connectivity index (χ1n) is 7.26. The third-order valence-electron chi connectivity index (χ3n) is 3.29. The normalized spacial score (nSPS) is 10.8. The van der Waals surface area contributed by atoms with Gasteiger partial charge in [0.25, 0.3) is 5.89 Å². The third kappa shape index (κ3) is 3.82. The highest BCUT2D eigenvalue weighted by molar-refractivity contribution is 7.98. The Bertz CT molecular complexity index is 855. The molecule has 0 fully saturated rings. The summed E-state index contributed by atoms with van der Waals surface area (Å²) in [6, 6.07) is 7.96. The minimum absolute atomic E-state index is 0.0983. The van der Waals surface area contributed by atoms with Crippen molar-refractivity contribution >= 4 is 35.0 Å². The molecule has 124 valence electrons. The summed E-state index contributed by atoms with van der Waals surface area (Å²) in [6.07, 6.45) is 2.27. The van der Waals surface area contributed by atoms with Crippen LogP contribution in [0.5, 0.6) is 0 Å². The van der Waals surface area contributed by atoms with Crippen LogP contribution in [0.4, 0.5) is 6.01 Å². The van der Waals surface area contributed by atoms with Gasteiger partial charge in [0.15, 0.2) is 0 Å². The fourth-order valence-electron chi connectivity index (χ4n) is 2.19. The Morgan fingerprint density at radius 2 is 2.00 bits per heavy atom. The van der Waals surface area contributed by atoms with Crippen molar-refractivity contribution in [1.82, 2.24) is 15.2 Å². The van der Waals surface area contributed by atoms with Crippen LogP contribution in [-0.2, 0) is 11.2 Å². The van der Waals surface area contributed by atoms with Gasteiger partial charge in [0.05, 0.1) is 17.1 Å². The number of hydrogen-bond donors (Lipinski definition) is 1. The molecular weight excluding hydrogens is 344 g/mol. The third-order valence-corrected chi connectivity index (χ3v) is 5.10. The number of nitrogens with one attached hydrogen (secondary N) is 1. The number of thioether (sulfide) groups is 1. The van der Waals surface area contributed by atoms with E-state index in [1.165, 1.54) is 11.3 Å². The predicted octanol–water partition coefficient (Wildman–Crippen LogP) is 3.71. The number of anilines is 1. The molecule has 0 aliphatic heterocycles. The molecule has 3 rings (SSSR count). The van der Waals surface area contributed by atoms with Gasteiger partial charge in [-0.05, 0) is 37.8 Å². The van der Waals surface area contributed by atoms with Gasteiger partial charge >= 0.3 is 6.01 Å². The van der Waals surface area contributed by atoms with Crippen molar-refractivity contribution in [3.8, 4) is 10.8 Å². The Kier molecular flexibility index (Phi) is 4.96. The van der Waals surface area contributed by atoms with Crippen molar-refractivity contribution in [3.05, 3.63) is 40.5 Å². The molecule has 1 N–H and O–H groups in total. The summed E-state index contributed by atoms with van der Waals surface area (Å²) < 4.78 is 5.52. The van der Waals surface area contributed by atoms with E-state index < -0.39 is 0 Å². The lowest BCUT2D eigenvalue weighted by Gasteiger charge is -2.02. The zero-order valence-electron chi connectivity index (χ0n) is 13.5. The molecule has 1 aromatic carbocycles. The van der Waals surface area contributed by atoms with Gasteiger partial charge in [0.2, 0.25) is 5.91 Å². The van der Waals surface area contributed by atoms with Crippen molar-refractivity contribution < 1.29 is 9.21 Å². The fraction of sp³-hybridized carbons (Fsp3) is 0.250. The Morgan fingerprint density at radius 1 is 1.25 bits per heavy atom. The lowest BCUT2D eigenvalue weighted by molar-refractivity contribution is -0.115. The van der Waals surface area contributed by atoms with Gasteiger partial charge in [0.1, 0.15) is 4.88 Å². The zero-order chi connectivity index (χ0) is 17.1. The molecule has 0 saturated heterocycles. The first kappa shape index (κ1) is 16.7. The highest BCUT2D eigenvalue weighted by atomic mass is 32.2. The van der Waals surface area contributed by atoms with E-state index in [1.807, 2.05) is 44.4 Å². The molecule has 6 nitrogen and oxygen atoms in total. The maximum absolute atomic E-state index is 12.1. The van der Waals surface area contributed by atoms with E-state index in [2.05, 4.69) is 20.5 Å². The number of hydrogen-bond acceptors (Lipinski definition) is 7. The second-order valence-corrected chi connectivity index (χ2v) is 7.22. The summed E-state index contributed by atoms with van der Waals surface area (Å²) in [4.78, 5) is 18.4. The maximum Gasteiger partial charge on any atom is 0.322 e. The molecule has 0 aliphatic carbocycles. The van der Waals surface area contributed by atoms with E-state index in [1.54, 1.807) is 11.8 Å². The molecule has 0 radical (unpaired) electrons. The van der Waals surface area contributed by atoms with E-state index in [0.29, 0.717) is 5.89 Å². The van der Waals surface area contributed by atoms with Crippen LogP contribution < -0.4 is 5.32 Å². The molecule has 0 bridgehead atoms. The van der Waals surface area contributed by atoms with Gasteiger partial charge in [-0.15, -0.1) is 28.2 Å². The van der Waals surface area contributed by atoms with Gasteiger partial charge in [-0.2, -0.15) is 0 Å². The topological polar surface area (TPSA) is 80.9 Å². The molecule has 2 heterocycles. The molecule has 0 saturated carbocycles. The summed E-state index contributed by atoms with van der Waals surface area (Å²) in [5.74, 6) is 0.178. The molecule has 0 spiro atoms. The Balaban J connectivity index is 1.65. The zero-order valence-corrected chi connectivity index (χ0v) is 15.1. The molecule has 0 unspecified atom stereocenters. The van der Waals surface area contributed by atoms with E-state index in [4.69, 9.17) is 4.42 Å². The molecule has 1 amide bonds. The smallest absolute Gasteiger partial charge is 0.322 e. The first-order valence-corrected chi connectivity index (χ1v) is 9.30. The number of rotatable bonds is 5. The maximum atomic E-state index is 12.1. The Hall–Kier alpha value is -2.19. The summed E-state index contributed by atoms with van der Waals surface area (Å²) in [5, 5.41) is 11.4. The van der Waals surface area contributed by atoms with Crippen LogP contribution in [0.1, 0.15) is 16.3 Å². The average molecular weight is 360 g/mol. The van der Waals surface area contributed by atoms with Crippen LogP contribution in [0.2, 0.25) is 0 Å². The van der Waals surface area contributed by atoms with Gasteiger partial charge in [-0.25, -0.2) is 4.98 Å². The van der Waals surface area contributed by atoms with E-state index in [9.17, 15) is 4.79 Å². The van der Waals surface area contributed by atoms with Gasteiger partial charge < -0.3 is 4.42 Å². The van der Waals surface area contributed by atoms with Crippen molar-refractivity contribution in [3.63, 3.8) is 0 Å². The molecule has 24 heavy (non-hydrogen) atoms. The van der Waals surface area contributed by atoms with Gasteiger partial charge in [-0.1, -0.05) is 17.2 Å². The minimum Gasteiger partial charge on any atom is -0.402 e. The van der Waals surface area contributed by atoms with Crippen LogP contribution in [0, 0.1) is 13.8 Å². The number of aryl methyl sites for hydroxylation is 2. The van der Waals surface area contributed by atoms with Crippen LogP contribution in [0.3, 0.4) is 0 Å². The second-order valence-electron chi connectivity index (χ2n) is 5.13. The van der Waals surface area contributed by atoms with E-state index in [0.717, 1.165) is 26.0 Å². The molecule has 0 atom stereocenters. The molecule has 8 heteroatoms. The predicted molar refractivity (Wildman–Crippen MR) is 95.4 cm³/mol. The van der Waals surface area contributed by atoms with E-state index >= 15 is 0 Å². The molecule has 3 aromatic rings. The minimum atomic E-state index is -0.195. The highest BCUT2D eigenvalue weighted by Crippen LogP contribution is 2.29. The first-order chi connectivity index (χ1) is 11.5. The van der Waals surface area contributed by atoms with E-state index in [-0.39, 0.29) is 18.3 Å². The summed E-state index contributed by atoms with van der Waals surface area (Å²) in [7, 11) is 0. The van der Waals surface area contributed by atoms with Crippen molar-refractivity contribution in [2.45, 2.75) is 25.2 Å². The average Bonchev–Trinajstić information content (AvgIpc) is 3.14. The van der Waals surface area contributed by atoms with Crippen LogP contribution in [0.25, 0.3) is 10.8 Å². The van der Waals surface area contributed by atoms with Crippen LogP contribution in [0.15, 0.2) is 33.6 Å². The van der Waals surface area contributed by atoms with Crippen LogP contribution in [-0.4, -0.2) is 27.3 Å². The summed E-state index contributed by atoms with van der Waals surface area (Å²) in [6.45, 7) is 3.81. The fourth-order valence-corrected chi connectivity index (χ4v) is 3.44. The molecule has 2 aromatic heterocycles. The lowest BCUT2D eigenvalue weighted by Crippen LogP contribution is -2.14. The molecule has 0 aliphatic rings. The number of nitrogens with zero attached hydrogens (tertiary/aromatic N) is 3. The van der Waals surface area contributed by atoms with Gasteiger partial charge in [-0.3, -0.25) is 10.1 Å². The monoisotopic (exact) mass is 360 g/mol. The standard InChI is InChI=1S/C16H16N4O2S2/c1-9-14(24-10(2)17-9)15-19-20-16(22-15)18-13(21)8-11-4-6-12(23-3)7-5-11/h4-7H,8H2,1-3H3,(H,18,20,21). The number of benzene rings is 1. The number of carbonyl (C=O) groups is 1. The van der Waals surface area contributed by atoms with Crippen LogP contribution >= 0.6 is 23.1 Å². The SMILES string of the molecule is CSc1ccc(CC(=O)Nc2nnc(-c3sc(C)nc3C)o2)cc1. The molecular formula is C16H16N4O2S2. The number of aromatic nitrogens is 3. The number of thiazole rings is 1. The Morgan fingerprint density at radius 3 is 2.62 bits per heavy atom. The van der Waals surface area contributed by atoms with Crippen molar-refractivity contribution in [2.75, 3.05) is 11.6 Å². The summed E-state index contributed by atoms with van der Waals surface area (Å²) in [5.41, 5.74) is 1.77. The van der Waals surface area contributed by atoms with Gasteiger partial charge in [0, 0.05) is 4.90 Å². The second kappa shape index (κ2) is 7.14. The van der Waals surface area contributed by atoms with Crippen molar-refractivity contribution in [1.29, 1.82) is 0 Å². The lowest BCUT2D eigenvalue weighted by atomic mass is 10.1. The Labute approximate surface area is 147 Å². The largest absolute Gasteiger partial charge is 0.402 e. The highest BCUT2D eigenvalue weighted by Gasteiger charge is 2.16. The summed E-state index contributed by atoms with van der Waals surface area (Å²) >= 11 is 3.15.